The summed E-state index contributed by atoms with van der Waals surface area (Å²) in [5.74, 6) is -1.33. The number of nitrogens with one attached hydrogen (secondary N) is 1. The molecule has 3 N–H and O–H groups in total. The summed E-state index contributed by atoms with van der Waals surface area (Å²) in [6.07, 6.45) is -1.65. The summed E-state index contributed by atoms with van der Waals surface area (Å²) < 4.78 is 10.4. The van der Waals surface area contributed by atoms with Crippen molar-refractivity contribution in [2.45, 2.75) is 39.9 Å². The summed E-state index contributed by atoms with van der Waals surface area (Å²) >= 11 is 5.87. The molecule has 7 nitrogen and oxygen atoms in total. The number of benzene rings is 1. The molecule has 1 amide bonds. The van der Waals surface area contributed by atoms with Crippen molar-refractivity contribution in [3.8, 4) is 0 Å². The van der Waals surface area contributed by atoms with E-state index in [9.17, 15) is 19.4 Å². The van der Waals surface area contributed by atoms with Gasteiger partial charge in [-0.15, -0.1) is 0 Å². The summed E-state index contributed by atoms with van der Waals surface area (Å²) in [6, 6.07) is 6.92. The predicted octanol–water partition coefficient (Wildman–Crippen LogP) is 3.63. The average Bonchev–Trinajstić information content (AvgIpc) is 2.58. The van der Waals surface area contributed by atoms with Gasteiger partial charge in [0.15, 0.2) is 8.38 Å². The van der Waals surface area contributed by atoms with Crippen LogP contribution in [0.4, 0.5) is 4.79 Å². The molecule has 0 aromatic heterocycles. The Morgan fingerprint density at radius 3 is 2.19 bits per heavy atom. The van der Waals surface area contributed by atoms with Crippen molar-refractivity contribution < 1.29 is 28.8 Å². The Morgan fingerprint density at radius 2 is 1.70 bits per heavy atom. The first kappa shape index (κ1) is 23.6. The number of amides is 1. The zero-order valence-electron chi connectivity index (χ0n) is 15.9. The predicted molar refractivity (Wildman–Crippen MR) is 104 cm³/mol. The normalized spacial score (nSPS) is 13.6. The summed E-state index contributed by atoms with van der Waals surface area (Å²) in [5, 5.41) is 3.15. The van der Waals surface area contributed by atoms with Crippen LogP contribution in [-0.2, 0) is 14.3 Å². The van der Waals surface area contributed by atoms with Crippen molar-refractivity contribution in [1.82, 2.24) is 5.32 Å². The highest BCUT2D eigenvalue weighted by Crippen LogP contribution is 2.32. The van der Waals surface area contributed by atoms with Crippen molar-refractivity contribution in [3.05, 3.63) is 34.9 Å². The largest absolute Gasteiger partial charge is 0.425 e. The third-order valence-electron chi connectivity index (χ3n) is 3.69. The second-order valence-electron chi connectivity index (χ2n) is 6.79. The van der Waals surface area contributed by atoms with E-state index in [1.54, 1.807) is 52.0 Å². The van der Waals surface area contributed by atoms with Crippen LogP contribution in [0, 0.1) is 11.8 Å². The molecule has 152 valence electrons. The van der Waals surface area contributed by atoms with Crippen molar-refractivity contribution in [2.24, 2.45) is 11.8 Å². The molecule has 0 fully saturated rings. The van der Waals surface area contributed by atoms with E-state index in [0.717, 1.165) is 5.56 Å². The average molecular weight is 420 g/mol. The van der Waals surface area contributed by atoms with Gasteiger partial charge < -0.3 is 24.6 Å². The number of hydrogen-bond acceptors (Lipinski definition) is 6. The highest BCUT2D eigenvalue weighted by atomic mass is 35.5. The molecule has 0 heterocycles. The molecule has 0 aliphatic carbocycles. The Morgan fingerprint density at radius 1 is 1.11 bits per heavy atom. The van der Waals surface area contributed by atoms with E-state index >= 15 is 0 Å². The summed E-state index contributed by atoms with van der Waals surface area (Å²) in [6.45, 7) is 7.06. The van der Waals surface area contributed by atoms with Gasteiger partial charge in [-0.05, 0) is 17.7 Å². The van der Waals surface area contributed by atoms with Gasteiger partial charge in [0, 0.05) is 29.6 Å². The van der Waals surface area contributed by atoms with E-state index in [0.29, 0.717) is 5.02 Å². The second kappa shape index (κ2) is 11.4. The van der Waals surface area contributed by atoms with E-state index in [4.69, 9.17) is 21.1 Å². The fourth-order valence-corrected chi connectivity index (χ4v) is 2.98. The van der Waals surface area contributed by atoms with Gasteiger partial charge in [0.1, 0.15) is 0 Å². The molecule has 0 bridgehead atoms. The molecule has 9 heteroatoms. The Bertz CT molecular complexity index is 608. The fraction of sp³-hybridized carbons (Fsp3) is 0.556. The maximum absolute atomic E-state index is 12.1. The highest BCUT2D eigenvalue weighted by molar-refractivity contribution is 7.45. The third kappa shape index (κ3) is 8.89. The summed E-state index contributed by atoms with van der Waals surface area (Å²) in [7, 11) is -2.14. The van der Waals surface area contributed by atoms with Crippen molar-refractivity contribution in [2.75, 3.05) is 12.7 Å². The molecule has 1 rings (SSSR count). The van der Waals surface area contributed by atoms with Crippen molar-refractivity contribution in [1.29, 1.82) is 0 Å². The first-order chi connectivity index (χ1) is 12.6. The van der Waals surface area contributed by atoms with Gasteiger partial charge in [0.2, 0.25) is 0 Å². The summed E-state index contributed by atoms with van der Waals surface area (Å²) in [4.78, 5) is 42.6. The molecule has 27 heavy (non-hydrogen) atoms. The van der Waals surface area contributed by atoms with E-state index in [1.165, 1.54) is 0 Å². The van der Waals surface area contributed by atoms with E-state index < -0.39 is 26.7 Å². The molecule has 0 radical (unpaired) electrons. The molecule has 0 saturated carbocycles. The van der Waals surface area contributed by atoms with Gasteiger partial charge >= 0.3 is 12.1 Å². The molecule has 0 aliphatic heterocycles. The Kier molecular flexibility index (Phi) is 10.0. The first-order valence-electron chi connectivity index (χ1n) is 8.65. The van der Waals surface area contributed by atoms with E-state index in [-0.39, 0.29) is 30.5 Å². The van der Waals surface area contributed by atoms with E-state index in [2.05, 4.69) is 5.32 Å². The number of halogens is 1. The number of rotatable bonds is 9. The molecular weight excluding hydrogens is 393 g/mol. The van der Waals surface area contributed by atoms with Gasteiger partial charge in [-0.1, -0.05) is 51.4 Å². The molecule has 2 atom stereocenters. The van der Waals surface area contributed by atoms with Gasteiger partial charge in [0.25, 0.3) is 6.29 Å². The number of carbonyl (C=O) groups is 2. The monoisotopic (exact) mass is 419 g/mol. The van der Waals surface area contributed by atoms with Gasteiger partial charge in [-0.25, -0.2) is 4.79 Å². The zero-order chi connectivity index (χ0) is 20.6. The van der Waals surface area contributed by atoms with Crippen molar-refractivity contribution >= 4 is 32.0 Å². The van der Waals surface area contributed by atoms with Gasteiger partial charge in [-0.2, -0.15) is 0 Å². The molecular formula is C18H27ClNO6P. The van der Waals surface area contributed by atoms with Crippen LogP contribution in [-0.4, -0.2) is 40.8 Å². The molecule has 1 aromatic carbocycles. The van der Waals surface area contributed by atoms with E-state index in [1.807, 2.05) is 0 Å². The lowest BCUT2D eigenvalue weighted by molar-refractivity contribution is -0.178. The molecule has 1 aromatic rings. The number of esters is 1. The topological polar surface area (TPSA) is 105 Å². The lowest BCUT2D eigenvalue weighted by Gasteiger charge is -2.23. The molecule has 0 unspecified atom stereocenters. The smallest absolute Gasteiger partial charge is 0.410 e. The van der Waals surface area contributed by atoms with Crippen LogP contribution >= 0.6 is 20.0 Å². The first-order valence-corrected chi connectivity index (χ1v) is 10.5. The SMILES string of the molecule is CC(C)C(=O)O[C@@H](OC(=O)NC[C@@H](CP(O)O)c1ccc(Cl)cc1)C(C)C. The van der Waals surface area contributed by atoms with Crippen molar-refractivity contribution in [3.63, 3.8) is 0 Å². The fourth-order valence-electron chi connectivity index (χ4n) is 2.12. The Hall–Kier alpha value is -1.40. The molecule has 0 saturated heterocycles. The Labute approximate surface area is 165 Å². The van der Waals surface area contributed by atoms with Gasteiger partial charge in [0.05, 0.1) is 5.92 Å². The third-order valence-corrected chi connectivity index (χ3v) is 4.71. The lowest BCUT2D eigenvalue weighted by atomic mass is 10.0. The molecule has 0 spiro atoms. The van der Waals surface area contributed by atoms with Crippen LogP contribution in [0.15, 0.2) is 24.3 Å². The maximum Gasteiger partial charge on any atom is 0.410 e. The quantitative estimate of drug-likeness (QED) is 0.321. The van der Waals surface area contributed by atoms with Crippen LogP contribution in [0.1, 0.15) is 39.2 Å². The second-order valence-corrected chi connectivity index (χ2v) is 8.34. The van der Waals surface area contributed by atoms with Crippen LogP contribution in [0.25, 0.3) is 0 Å². The Balaban J connectivity index is 2.68. The standard InChI is InChI=1S/C18H27ClNO6P/c1-11(2)16(21)25-17(12(3)4)26-18(22)20-9-14(10-27(23)24)13-5-7-15(19)8-6-13/h5-8,11-12,14,17,23-24H,9-10H2,1-4H3,(H,20,22)/t14-,17-/m0/s1. The van der Waals surface area contributed by atoms with Crippen LogP contribution in [0.3, 0.4) is 0 Å². The minimum absolute atomic E-state index is 0.0905. The van der Waals surface area contributed by atoms with Crippen LogP contribution < -0.4 is 5.32 Å². The summed E-state index contributed by atoms with van der Waals surface area (Å²) in [5.41, 5.74) is 0.807. The lowest BCUT2D eigenvalue weighted by Crippen LogP contribution is -2.37. The number of alkyl carbamates (subject to hydrolysis) is 1. The molecule has 0 aliphatic rings. The van der Waals surface area contributed by atoms with Crippen LogP contribution in [0.5, 0.6) is 0 Å². The zero-order valence-corrected chi connectivity index (χ0v) is 17.5. The number of hydrogen-bond donors (Lipinski definition) is 3. The number of carbonyl (C=O) groups excluding carboxylic acids is 2. The highest BCUT2D eigenvalue weighted by Gasteiger charge is 2.25. The maximum atomic E-state index is 12.1. The minimum atomic E-state index is -2.14. The minimum Gasteiger partial charge on any atom is -0.425 e. The number of ether oxygens (including phenoxy) is 2. The van der Waals surface area contributed by atoms with Crippen LogP contribution in [0.2, 0.25) is 5.02 Å². The van der Waals surface area contributed by atoms with Gasteiger partial charge in [-0.3, -0.25) is 4.79 Å².